The molecule has 1 saturated carbocycles. The van der Waals surface area contributed by atoms with Gasteiger partial charge >= 0.3 is 0 Å². The number of hydrogen-bond acceptors (Lipinski definition) is 4. The fourth-order valence-corrected chi connectivity index (χ4v) is 4.86. The normalized spacial score (nSPS) is 21.3. The molecule has 0 radical (unpaired) electrons. The monoisotopic (exact) mass is 349 g/mol. The first-order chi connectivity index (χ1) is 11.6. The maximum Gasteiger partial charge on any atom is 0.257 e. The smallest absolute Gasteiger partial charge is 0.257 e. The van der Waals surface area contributed by atoms with Gasteiger partial charge in [0.15, 0.2) is 5.16 Å². The quantitative estimate of drug-likeness (QED) is 0.849. The fraction of sp³-hybridized carbons (Fsp3) is 0.722. The predicted octanol–water partition coefficient (Wildman–Crippen LogP) is 2.53. The van der Waals surface area contributed by atoms with Gasteiger partial charge in [0.2, 0.25) is 5.91 Å². The Hall–Kier alpha value is -1.30. The lowest BCUT2D eigenvalue weighted by Crippen LogP contribution is -2.42. The van der Waals surface area contributed by atoms with E-state index < -0.39 is 0 Å². The molecule has 2 aliphatic rings. The van der Waals surface area contributed by atoms with Crippen molar-refractivity contribution in [2.45, 2.75) is 64.1 Å². The second-order valence-corrected chi connectivity index (χ2v) is 7.97. The molecule has 1 N–H and O–H groups in total. The van der Waals surface area contributed by atoms with E-state index in [0.717, 1.165) is 23.0 Å². The van der Waals surface area contributed by atoms with Gasteiger partial charge in [0, 0.05) is 30.1 Å². The van der Waals surface area contributed by atoms with Crippen molar-refractivity contribution < 1.29 is 4.79 Å². The summed E-state index contributed by atoms with van der Waals surface area (Å²) in [5.74, 6) is 1.28. The van der Waals surface area contributed by atoms with E-state index in [1.165, 1.54) is 43.9 Å². The van der Waals surface area contributed by atoms with Crippen LogP contribution in [0.15, 0.2) is 9.95 Å². The topological polar surface area (TPSA) is 64.0 Å². The highest BCUT2D eigenvalue weighted by atomic mass is 32.2. The molecule has 1 fully saturated rings. The molecule has 0 saturated heterocycles. The molecule has 3 rings (SSSR count). The molecule has 1 aromatic rings. The number of aryl methyl sites for hydroxylation is 1. The summed E-state index contributed by atoms with van der Waals surface area (Å²) in [5, 5.41) is 3.88. The molecule has 0 spiro atoms. The highest BCUT2D eigenvalue weighted by Gasteiger charge is 2.28. The summed E-state index contributed by atoms with van der Waals surface area (Å²) in [6.07, 6.45) is 7.04. The lowest BCUT2D eigenvalue weighted by atomic mass is 9.89. The SMILES string of the molecule is CCc1c(C)nc2n(c1=O)CC(C(=O)NCC1CCCCC1)CS2. The summed E-state index contributed by atoms with van der Waals surface area (Å²) in [4.78, 5) is 29.7. The Balaban J connectivity index is 1.65. The van der Waals surface area contributed by atoms with E-state index in [-0.39, 0.29) is 17.4 Å². The third-order valence-electron chi connectivity index (χ3n) is 5.26. The Bertz CT molecular complexity index is 665. The van der Waals surface area contributed by atoms with Gasteiger partial charge in [0.25, 0.3) is 5.56 Å². The molecule has 24 heavy (non-hydrogen) atoms. The van der Waals surface area contributed by atoms with Crippen LogP contribution >= 0.6 is 11.8 Å². The second kappa shape index (κ2) is 7.72. The van der Waals surface area contributed by atoms with Gasteiger partial charge in [-0.15, -0.1) is 0 Å². The number of nitrogens with zero attached hydrogens (tertiary/aromatic N) is 2. The van der Waals surface area contributed by atoms with Crippen molar-refractivity contribution in [2.24, 2.45) is 11.8 Å². The Morgan fingerprint density at radius 2 is 2.08 bits per heavy atom. The van der Waals surface area contributed by atoms with Crippen molar-refractivity contribution in [2.75, 3.05) is 12.3 Å². The van der Waals surface area contributed by atoms with Gasteiger partial charge in [0.05, 0.1) is 5.92 Å². The zero-order valence-corrected chi connectivity index (χ0v) is 15.5. The van der Waals surface area contributed by atoms with E-state index in [0.29, 0.717) is 24.6 Å². The summed E-state index contributed by atoms with van der Waals surface area (Å²) < 4.78 is 1.70. The molecule has 6 heteroatoms. The van der Waals surface area contributed by atoms with Crippen LogP contribution in [0.2, 0.25) is 0 Å². The van der Waals surface area contributed by atoms with Gasteiger partial charge in [-0.25, -0.2) is 4.98 Å². The highest BCUT2D eigenvalue weighted by Crippen LogP contribution is 2.27. The summed E-state index contributed by atoms with van der Waals surface area (Å²) in [7, 11) is 0. The van der Waals surface area contributed by atoms with Crippen molar-refractivity contribution in [3.05, 3.63) is 21.6 Å². The molecule has 1 atom stereocenters. The lowest BCUT2D eigenvalue weighted by molar-refractivity contribution is -0.125. The minimum atomic E-state index is -0.141. The molecule has 5 nitrogen and oxygen atoms in total. The van der Waals surface area contributed by atoms with Crippen LogP contribution in [0.5, 0.6) is 0 Å². The van der Waals surface area contributed by atoms with Crippen molar-refractivity contribution in [1.82, 2.24) is 14.9 Å². The van der Waals surface area contributed by atoms with Gasteiger partial charge in [0.1, 0.15) is 0 Å². The molecule has 1 unspecified atom stereocenters. The number of rotatable bonds is 4. The van der Waals surface area contributed by atoms with E-state index >= 15 is 0 Å². The number of carbonyl (C=O) groups is 1. The zero-order chi connectivity index (χ0) is 17.1. The molecule has 1 aromatic heterocycles. The van der Waals surface area contributed by atoms with Gasteiger partial charge in [-0.1, -0.05) is 37.9 Å². The van der Waals surface area contributed by atoms with Gasteiger partial charge in [-0.2, -0.15) is 0 Å². The molecular formula is C18H27N3O2S. The Labute approximate surface area is 147 Å². The van der Waals surface area contributed by atoms with Crippen LogP contribution < -0.4 is 10.9 Å². The van der Waals surface area contributed by atoms with Crippen LogP contribution in [0, 0.1) is 18.8 Å². The van der Waals surface area contributed by atoms with Crippen LogP contribution in [0.25, 0.3) is 0 Å². The average Bonchev–Trinajstić information content (AvgIpc) is 2.60. The van der Waals surface area contributed by atoms with Crippen LogP contribution in [0.1, 0.15) is 50.3 Å². The van der Waals surface area contributed by atoms with Crippen LogP contribution in [-0.4, -0.2) is 27.8 Å². The van der Waals surface area contributed by atoms with E-state index in [2.05, 4.69) is 10.3 Å². The Morgan fingerprint density at radius 3 is 2.79 bits per heavy atom. The number of carbonyl (C=O) groups excluding carboxylic acids is 1. The first-order valence-electron chi connectivity index (χ1n) is 9.11. The summed E-state index contributed by atoms with van der Waals surface area (Å²) >= 11 is 1.53. The summed E-state index contributed by atoms with van der Waals surface area (Å²) in [5.41, 5.74) is 1.61. The highest BCUT2D eigenvalue weighted by molar-refractivity contribution is 7.99. The minimum absolute atomic E-state index is 0.0253. The molecule has 1 amide bonds. The standard InChI is InChI=1S/C18H27N3O2S/c1-3-15-12(2)20-18-21(17(15)23)10-14(11-24-18)16(22)19-9-13-7-5-4-6-8-13/h13-14H,3-11H2,1-2H3,(H,19,22). The van der Waals surface area contributed by atoms with E-state index in [1.807, 2.05) is 13.8 Å². The zero-order valence-electron chi connectivity index (χ0n) is 14.6. The molecular weight excluding hydrogens is 322 g/mol. The number of amides is 1. The Morgan fingerprint density at radius 1 is 1.33 bits per heavy atom. The minimum Gasteiger partial charge on any atom is -0.356 e. The predicted molar refractivity (Wildman–Crippen MR) is 96.4 cm³/mol. The molecule has 132 valence electrons. The third-order valence-corrected chi connectivity index (χ3v) is 6.40. The maximum absolute atomic E-state index is 12.6. The number of nitrogens with one attached hydrogen (secondary N) is 1. The van der Waals surface area contributed by atoms with Gasteiger partial charge in [-0.05, 0) is 32.1 Å². The molecule has 1 aliphatic heterocycles. The number of fused-ring (bicyclic) bond motifs is 1. The van der Waals surface area contributed by atoms with Crippen molar-refractivity contribution in [1.29, 1.82) is 0 Å². The molecule has 1 aliphatic carbocycles. The van der Waals surface area contributed by atoms with Crippen LogP contribution in [0.4, 0.5) is 0 Å². The van der Waals surface area contributed by atoms with Gasteiger partial charge in [-0.3, -0.25) is 14.2 Å². The average molecular weight is 350 g/mol. The largest absolute Gasteiger partial charge is 0.356 e. The third kappa shape index (κ3) is 3.68. The van der Waals surface area contributed by atoms with E-state index in [4.69, 9.17) is 0 Å². The number of aromatic nitrogens is 2. The molecule has 0 aromatic carbocycles. The first kappa shape index (κ1) is 17.5. The number of thioether (sulfide) groups is 1. The van der Waals surface area contributed by atoms with E-state index in [9.17, 15) is 9.59 Å². The van der Waals surface area contributed by atoms with Crippen molar-refractivity contribution in [3.63, 3.8) is 0 Å². The number of hydrogen-bond donors (Lipinski definition) is 1. The molecule has 0 bridgehead atoms. The summed E-state index contributed by atoms with van der Waals surface area (Å²) in [6, 6.07) is 0. The van der Waals surface area contributed by atoms with Crippen molar-refractivity contribution >= 4 is 17.7 Å². The lowest BCUT2D eigenvalue weighted by Gasteiger charge is -2.27. The summed E-state index contributed by atoms with van der Waals surface area (Å²) in [6.45, 7) is 5.11. The van der Waals surface area contributed by atoms with Crippen LogP contribution in [-0.2, 0) is 17.8 Å². The van der Waals surface area contributed by atoms with Crippen molar-refractivity contribution in [3.8, 4) is 0 Å². The maximum atomic E-state index is 12.6. The van der Waals surface area contributed by atoms with Crippen LogP contribution in [0.3, 0.4) is 0 Å². The molecule has 2 heterocycles. The Kier molecular flexibility index (Phi) is 5.64. The van der Waals surface area contributed by atoms with Gasteiger partial charge < -0.3 is 5.32 Å². The van der Waals surface area contributed by atoms with E-state index in [1.54, 1.807) is 4.57 Å². The fourth-order valence-electron chi connectivity index (χ4n) is 3.74. The first-order valence-corrected chi connectivity index (χ1v) is 10.1. The second-order valence-electron chi connectivity index (χ2n) is 6.98.